The minimum absolute atomic E-state index is 0.0252. The Morgan fingerprint density at radius 3 is 2.65 bits per heavy atom. The van der Waals surface area contributed by atoms with Crippen LogP contribution in [0.15, 0.2) is 51.7 Å². The molecule has 216 valence electrons. The number of alkyl halides is 1. The normalized spacial score (nSPS) is 23.0. The summed E-state index contributed by atoms with van der Waals surface area (Å²) in [6.45, 7) is 0.798. The molecule has 2 N–H and O–H groups in total. The number of carbonyl (C=O) groups is 2. The number of nitrogens with zero attached hydrogens (tertiary/aromatic N) is 1. The van der Waals surface area contributed by atoms with Crippen LogP contribution in [0.25, 0.3) is 0 Å². The number of nitrogens with one attached hydrogen (secondary N) is 1. The second kappa shape index (κ2) is 12.8. The van der Waals surface area contributed by atoms with E-state index in [-0.39, 0.29) is 28.9 Å². The van der Waals surface area contributed by atoms with Crippen LogP contribution in [-0.2, 0) is 18.3 Å². The molecule has 0 bridgehead atoms. The van der Waals surface area contributed by atoms with Gasteiger partial charge in [0.05, 0.1) is 31.2 Å². The first kappa shape index (κ1) is 30.2. The molecule has 0 radical (unpaired) electrons. The quantitative estimate of drug-likeness (QED) is 0.213. The lowest BCUT2D eigenvalue weighted by Crippen LogP contribution is -2.34. The number of benzene rings is 1. The predicted octanol–water partition coefficient (Wildman–Crippen LogP) is 3.35. The predicted molar refractivity (Wildman–Crippen MR) is 143 cm³/mol. The molecule has 0 spiro atoms. The van der Waals surface area contributed by atoms with E-state index in [1.54, 1.807) is 25.1 Å². The van der Waals surface area contributed by atoms with Gasteiger partial charge in [-0.3, -0.25) is 28.5 Å². The SMILES string of the molecule is CC(CCCCCl)P(=O)(OCC1=CC(=O)c2ccccc2C1=O)OCC1OC(n2cc(F)c(=O)[nH]c2=O)CC1O. The number of unbranched alkanes of at least 4 members (excludes halogenated alkanes) is 1. The molecular weight excluding hydrogens is 570 g/mol. The number of ether oxygens (including phenoxy) is 1. The summed E-state index contributed by atoms with van der Waals surface area (Å²) < 4.78 is 45.6. The summed E-state index contributed by atoms with van der Waals surface area (Å²) >= 11 is 5.77. The number of Topliss-reactive ketones (excluding diaryl/α,β-unsaturated/α-hetero) is 1. The lowest BCUT2D eigenvalue weighted by molar-refractivity contribution is -0.0437. The molecule has 0 amide bonds. The molecule has 4 rings (SSSR count). The smallest absolute Gasteiger partial charge is 0.333 e. The van der Waals surface area contributed by atoms with E-state index in [0.29, 0.717) is 31.3 Å². The molecule has 40 heavy (non-hydrogen) atoms. The fourth-order valence-corrected chi connectivity index (χ4v) is 6.45. The van der Waals surface area contributed by atoms with Crippen molar-refractivity contribution in [3.05, 3.63) is 79.9 Å². The number of fused-ring (bicyclic) bond motifs is 1. The van der Waals surface area contributed by atoms with Gasteiger partial charge in [0.15, 0.2) is 11.6 Å². The van der Waals surface area contributed by atoms with Gasteiger partial charge in [0.25, 0.3) is 5.56 Å². The summed E-state index contributed by atoms with van der Waals surface area (Å²) in [5.41, 5.74) is -2.22. The van der Waals surface area contributed by atoms with E-state index in [1.807, 2.05) is 4.98 Å². The summed E-state index contributed by atoms with van der Waals surface area (Å²) in [6.07, 6.45) is 0.0652. The Morgan fingerprint density at radius 1 is 1.20 bits per heavy atom. The molecule has 2 aromatic rings. The van der Waals surface area contributed by atoms with Crippen LogP contribution in [0.4, 0.5) is 4.39 Å². The topological polar surface area (TPSA) is 154 Å². The van der Waals surface area contributed by atoms with Gasteiger partial charge in [-0.1, -0.05) is 37.6 Å². The zero-order valence-corrected chi connectivity index (χ0v) is 23.2. The number of ketones is 2. The van der Waals surface area contributed by atoms with Crippen molar-refractivity contribution >= 4 is 30.8 Å². The van der Waals surface area contributed by atoms with Crippen molar-refractivity contribution in [3.63, 3.8) is 0 Å². The molecule has 1 fully saturated rings. The molecule has 1 aromatic carbocycles. The first-order chi connectivity index (χ1) is 19.0. The van der Waals surface area contributed by atoms with E-state index in [0.717, 1.165) is 10.6 Å². The Bertz CT molecular complexity index is 1470. The van der Waals surface area contributed by atoms with Crippen LogP contribution in [0, 0.1) is 5.82 Å². The van der Waals surface area contributed by atoms with Gasteiger partial charge >= 0.3 is 13.3 Å². The summed E-state index contributed by atoms with van der Waals surface area (Å²) in [5.74, 6) is -1.58. The van der Waals surface area contributed by atoms with Crippen LogP contribution < -0.4 is 11.2 Å². The zero-order valence-electron chi connectivity index (χ0n) is 21.6. The van der Waals surface area contributed by atoms with Crippen molar-refractivity contribution < 1.29 is 37.4 Å². The lowest BCUT2D eigenvalue weighted by Gasteiger charge is -2.27. The van der Waals surface area contributed by atoms with Crippen LogP contribution in [-0.4, -0.2) is 63.2 Å². The van der Waals surface area contributed by atoms with Gasteiger partial charge in [-0.05, 0) is 18.9 Å². The largest absolute Gasteiger partial charge is 0.390 e. The number of carbonyl (C=O) groups excluding carboxylic acids is 2. The maximum Gasteiger partial charge on any atom is 0.333 e. The van der Waals surface area contributed by atoms with Gasteiger partial charge in [0.2, 0.25) is 5.82 Å². The van der Waals surface area contributed by atoms with Crippen molar-refractivity contribution in [3.8, 4) is 0 Å². The highest BCUT2D eigenvalue weighted by Crippen LogP contribution is 2.55. The van der Waals surface area contributed by atoms with Gasteiger partial charge < -0.3 is 18.9 Å². The third kappa shape index (κ3) is 6.59. The van der Waals surface area contributed by atoms with Crippen LogP contribution in [0.5, 0.6) is 0 Å². The number of aromatic nitrogens is 2. The van der Waals surface area contributed by atoms with Gasteiger partial charge in [0.1, 0.15) is 12.3 Å². The second-order valence-electron chi connectivity index (χ2n) is 9.63. The van der Waals surface area contributed by atoms with Crippen LogP contribution in [0.1, 0.15) is 59.6 Å². The molecule has 1 aliphatic heterocycles. The Balaban J connectivity index is 1.47. The molecular formula is C26H29ClFN2O9P. The summed E-state index contributed by atoms with van der Waals surface area (Å²) in [6, 6.07) is 6.36. The number of H-pyrrole nitrogens is 1. The van der Waals surface area contributed by atoms with Gasteiger partial charge in [-0.2, -0.15) is 4.39 Å². The molecule has 5 atom stereocenters. The van der Waals surface area contributed by atoms with Crippen molar-refractivity contribution in [1.29, 1.82) is 0 Å². The average molecular weight is 599 g/mol. The van der Waals surface area contributed by atoms with Crippen molar-refractivity contribution in [2.45, 2.75) is 56.7 Å². The molecule has 1 aromatic heterocycles. The number of halogens is 2. The van der Waals surface area contributed by atoms with Gasteiger partial charge in [-0.25, -0.2) is 4.79 Å². The standard InChI is InChI=1S/C26H29ClFN2O9P/c1-15(6-4-5-9-27)40(36,37-13-16-10-20(31)17-7-2-3-8-18(17)24(16)33)38-14-22-21(32)11-23(39-22)30-12-19(28)25(34)29-26(30)35/h2-3,7-8,10,12,15,21-23,32H,4-6,9,11,13-14H2,1H3,(H,29,34,35). The number of aromatic amines is 1. The van der Waals surface area contributed by atoms with E-state index in [4.69, 9.17) is 25.4 Å². The van der Waals surface area contributed by atoms with E-state index < -0.39 is 67.8 Å². The number of aliphatic hydroxyl groups excluding tert-OH is 1. The Kier molecular flexibility index (Phi) is 9.71. The summed E-state index contributed by atoms with van der Waals surface area (Å²) in [5, 5.41) is 10.5. The molecule has 2 aliphatic rings. The maximum atomic E-state index is 14.0. The fraction of sp³-hybridized carbons (Fsp3) is 0.462. The molecule has 1 aliphatic carbocycles. The molecule has 2 heterocycles. The van der Waals surface area contributed by atoms with Crippen LogP contribution in [0.2, 0.25) is 0 Å². The highest BCUT2D eigenvalue weighted by molar-refractivity contribution is 7.54. The number of allylic oxidation sites excluding steroid dienone is 1. The summed E-state index contributed by atoms with van der Waals surface area (Å²) in [7, 11) is -3.96. The number of hydrogen-bond acceptors (Lipinski definition) is 9. The molecule has 1 saturated heterocycles. The Hall–Kier alpha value is -2.73. The van der Waals surface area contributed by atoms with Crippen molar-refractivity contribution in [2.75, 3.05) is 19.1 Å². The second-order valence-corrected chi connectivity index (χ2v) is 12.5. The molecule has 11 nitrogen and oxygen atoms in total. The Morgan fingerprint density at radius 2 is 1.93 bits per heavy atom. The monoisotopic (exact) mass is 598 g/mol. The van der Waals surface area contributed by atoms with Gasteiger partial charge in [0, 0.05) is 29.0 Å². The number of rotatable bonds is 12. The number of hydrogen-bond donors (Lipinski definition) is 2. The van der Waals surface area contributed by atoms with Crippen LogP contribution in [0.3, 0.4) is 0 Å². The van der Waals surface area contributed by atoms with E-state index >= 15 is 0 Å². The maximum absolute atomic E-state index is 14.0. The van der Waals surface area contributed by atoms with E-state index in [2.05, 4.69) is 0 Å². The zero-order chi connectivity index (χ0) is 29.0. The fourth-order valence-electron chi connectivity index (χ4n) is 4.51. The van der Waals surface area contributed by atoms with Gasteiger partial charge in [-0.15, -0.1) is 11.6 Å². The summed E-state index contributed by atoms with van der Waals surface area (Å²) in [4.78, 5) is 50.7. The lowest BCUT2D eigenvalue weighted by atomic mass is 9.90. The van der Waals surface area contributed by atoms with Crippen molar-refractivity contribution in [1.82, 2.24) is 9.55 Å². The average Bonchev–Trinajstić information content (AvgIpc) is 3.30. The van der Waals surface area contributed by atoms with E-state index in [9.17, 15) is 33.2 Å². The number of aliphatic hydroxyl groups is 1. The highest BCUT2D eigenvalue weighted by Gasteiger charge is 2.40. The first-order valence-electron chi connectivity index (χ1n) is 12.7. The minimum Gasteiger partial charge on any atom is -0.390 e. The molecule has 5 unspecified atom stereocenters. The van der Waals surface area contributed by atoms with E-state index in [1.165, 1.54) is 6.07 Å². The highest BCUT2D eigenvalue weighted by atomic mass is 35.5. The van der Waals surface area contributed by atoms with Crippen LogP contribution >= 0.6 is 19.2 Å². The van der Waals surface area contributed by atoms with Crippen molar-refractivity contribution in [2.24, 2.45) is 0 Å². The minimum atomic E-state index is -3.96. The third-order valence-corrected chi connectivity index (χ3v) is 9.44. The molecule has 14 heteroatoms. The third-order valence-electron chi connectivity index (χ3n) is 6.84. The first-order valence-corrected chi connectivity index (χ1v) is 14.9. The Labute approximate surface area is 233 Å². The molecule has 0 saturated carbocycles.